The molecule has 0 amide bonds. The lowest BCUT2D eigenvalue weighted by atomic mass is 10.2. The maximum absolute atomic E-state index is 13.7. The van der Waals surface area contributed by atoms with E-state index in [1.807, 2.05) is 14.0 Å². The van der Waals surface area contributed by atoms with Gasteiger partial charge in [-0.2, -0.15) is 4.98 Å². The van der Waals surface area contributed by atoms with E-state index in [1.165, 1.54) is 6.07 Å². The van der Waals surface area contributed by atoms with Crippen LogP contribution >= 0.6 is 11.6 Å². The maximum atomic E-state index is 13.7. The van der Waals surface area contributed by atoms with Crippen LogP contribution in [0.15, 0.2) is 30.5 Å². The van der Waals surface area contributed by atoms with Crippen molar-refractivity contribution in [2.45, 2.75) is 13.5 Å². The van der Waals surface area contributed by atoms with Crippen molar-refractivity contribution in [3.05, 3.63) is 46.9 Å². The first-order valence-corrected chi connectivity index (χ1v) is 6.70. The summed E-state index contributed by atoms with van der Waals surface area (Å²) in [6.07, 6.45) is 1.54. The Morgan fingerprint density at radius 1 is 1.35 bits per heavy atom. The summed E-state index contributed by atoms with van der Waals surface area (Å²) in [4.78, 5) is 10.2. The van der Waals surface area contributed by atoms with Crippen molar-refractivity contribution < 1.29 is 4.39 Å². The second kappa shape index (κ2) is 6.52. The van der Waals surface area contributed by atoms with Gasteiger partial charge in [0.2, 0.25) is 5.95 Å². The summed E-state index contributed by atoms with van der Waals surface area (Å²) in [5.74, 6) is 0.838. The molecule has 0 unspecified atom stereocenters. The Hall–Kier alpha value is -1.88. The summed E-state index contributed by atoms with van der Waals surface area (Å²) in [6.45, 7) is 3.06. The molecule has 1 aromatic carbocycles. The molecule has 0 atom stereocenters. The van der Waals surface area contributed by atoms with Crippen molar-refractivity contribution in [1.82, 2.24) is 9.97 Å². The Balaban J connectivity index is 2.22. The molecule has 0 saturated heterocycles. The van der Waals surface area contributed by atoms with E-state index in [4.69, 9.17) is 11.6 Å². The molecule has 0 spiro atoms. The van der Waals surface area contributed by atoms with Gasteiger partial charge in [0, 0.05) is 25.7 Å². The van der Waals surface area contributed by atoms with Crippen molar-refractivity contribution in [3.63, 3.8) is 0 Å². The summed E-state index contributed by atoms with van der Waals surface area (Å²) >= 11 is 6.11. The topological polar surface area (TPSA) is 41.1 Å². The zero-order valence-electron chi connectivity index (χ0n) is 11.4. The van der Waals surface area contributed by atoms with Crippen molar-refractivity contribution in [2.24, 2.45) is 0 Å². The third kappa shape index (κ3) is 3.36. The van der Waals surface area contributed by atoms with E-state index >= 15 is 0 Å². The average Bonchev–Trinajstić information content (AvgIpc) is 2.43. The molecular formula is C14H16ClFN4. The number of rotatable bonds is 5. The number of aromatic nitrogens is 2. The van der Waals surface area contributed by atoms with Gasteiger partial charge >= 0.3 is 0 Å². The number of hydrogen-bond donors (Lipinski definition) is 1. The van der Waals surface area contributed by atoms with Crippen LogP contribution in [0.5, 0.6) is 0 Å². The maximum Gasteiger partial charge on any atom is 0.224 e. The molecular weight excluding hydrogens is 279 g/mol. The molecule has 0 aliphatic heterocycles. The van der Waals surface area contributed by atoms with Crippen LogP contribution in [0.25, 0.3) is 0 Å². The Morgan fingerprint density at radius 3 is 2.80 bits per heavy atom. The van der Waals surface area contributed by atoms with Crippen molar-refractivity contribution in [3.8, 4) is 0 Å². The van der Waals surface area contributed by atoms with Crippen LogP contribution in [0.1, 0.15) is 12.5 Å². The van der Waals surface area contributed by atoms with E-state index in [0.717, 1.165) is 6.54 Å². The number of hydrogen-bond acceptors (Lipinski definition) is 4. The highest BCUT2D eigenvalue weighted by atomic mass is 35.5. The summed E-state index contributed by atoms with van der Waals surface area (Å²) in [6, 6.07) is 6.65. The molecule has 1 aromatic heterocycles. The molecule has 20 heavy (non-hydrogen) atoms. The van der Waals surface area contributed by atoms with Gasteiger partial charge in [-0.3, -0.25) is 0 Å². The second-order valence-electron chi connectivity index (χ2n) is 4.34. The van der Waals surface area contributed by atoms with Gasteiger partial charge in [-0.1, -0.05) is 29.8 Å². The van der Waals surface area contributed by atoms with E-state index in [0.29, 0.717) is 28.9 Å². The molecule has 0 aliphatic rings. The lowest BCUT2D eigenvalue weighted by Gasteiger charge is -2.20. The standard InChI is InChI=1S/C14H16ClFN4/c1-3-17-14-18-8-11(15)13(19-14)20(2)9-10-6-4-5-7-12(10)16/h4-8H,3,9H2,1-2H3,(H,17,18,19). The van der Waals surface area contributed by atoms with Crippen LogP contribution in [0.3, 0.4) is 0 Å². The van der Waals surface area contributed by atoms with Crippen LogP contribution in [0, 0.1) is 5.82 Å². The van der Waals surface area contributed by atoms with Crippen molar-refractivity contribution >= 4 is 23.4 Å². The molecule has 0 bridgehead atoms. The molecule has 0 saturated carbocycles. The van der Waals surface area contributed by atoms with Gasteiger partial charge in [0.15, 0.2) is 5.82 Å². The molecule has 6 heteroatoms. The number of benzene rings is 1. The summed E-state index contributed by atoms with van der Waals surface area (Å²) in [7, 11) is 1.82. The first-order chi connectivity index (χ1) is 9.61. The van der Waals surface area contributed by atoms with Gasteiger partial charge in [-0.25, -0.2) is 9.37 Å². The SMILES string of the molecule is CCNc1ncc(Cl)c(N(C)Cc2ccccc2F)n1. The van der Waals surface area contributed by atoms with Crippen LogP contribution < -0.4 is 10.2 Å². The first-order valence-electron chi connectivity index (χ1n) is 6.32. The fourth-order valence-corrected chi connectivity index (χ4v) is 2.06. The highest BCUT2D eigenvalue weighted by Crippen LogP contribution is 2.24. The number of nitrogens with zero attached hydrogens (tertiary/aromatic N) is 3. The highest BCUT2D eigenvalue weighted by molar-refractivity contribution is 6.32. The van der Waals surface area contributed by atoms with E-state index in [-0.39, 0.29) is 5.82 Å². The Bertz CT molecular complexity index is 591. The lowest BCUT2D eigenvalue weighted by molar-refractivity contribution is 0.607. The smallest absolute Gasteiger partial charge is 0.224 e. The molecule has 0 aliphatic carbocycles. The van der Waals surface area contributed by atoms with E-state index in [9.17, 15) is 4.39 Å². The highest BCUT2D eigenvalue weighted by Gasteiger charge is 2.12. The van der Waals surface area contributed by atoms with Gasteiger partial charge in [0.1, 0.15) is 10.8 Å². The molecule has 4 nitrogen and oxygen atoms in total. The first kappa shape index (κ1) is 14.5. The summed E-state index contributed by atoms with van der Waals surface area (Å²) in [5, 5.41) is 3.46. The molecule has 2 aromatic rings. The number of halogens is 2. The Labute approximate surface area is 122 Å². The van der Waals surface area contributed by atoms with E-state index < -0.39 is 0 Å². The summed E-state index contributed by atoms with van der Waals surface area (Å²) < 4.78 is 13.7. The normalized spacial score (nSPS) is 10.4. The molecule has 1 N–H and O–H groups in total. The van der Waals surface area contributed by atoms with Gasteiger partial charge in [0.25, 0.3) is 0 Å². The molecule has 106 valence electrons. The van der Waals surface area contributed by atoms with E-state index in [1.54, 1.807) is 29.3 Å². The summed E-state index contributed by atoms with van der Waals surface area (Å²) in [5.41, 5.74) is 0.592. The monoisotopic (exact) mass is 294 g/mol. The fourth-order valence-electron chi connectivity index (χ4n) is 1.83. The quantitative estimate of drug-likeness (QED) is 0.918. The fraction of sp³-hybridized carbons (Fsp3) is 0.286. The predicted octanol–water partition coefficient (Wildman–Crippen LogP) is 3.34. The van der Waals surface area contributed by atoms with Crippen LogP contribution in [0.4, 0.5) is 16.2 Å². The second-order valence-corrected chi connectivity index (χ2v) is 4.75. The average molecular weight is 295 g/mol. The molecule has 0 fully saturated rings. The molecule has 2 rings (SSSR count). The van der Waals surface area contributed by atoms with Gasteiger partial charge in [-0.15, -0.1) is 0 Å². The number of anilines is 2. The molecule has 0 radical (unpaired) electrons. The van der Waals surface area contributed by atoms with Gasteiger partial charge in [-0.05, 0) is 13.0 Å². The minimum Gasteiger partial charge on any atom is -0.354 e. The predicted molar refractivity (Wildman–Crippen MR) is 79.7 cm³/mol. The zero-order valence-corrected chi connectivity index (χ0v) is 12.2. The van der Waals surface area contributed by atoms with Crippen LogP contribution in [-0.2, 0) is 6.54 Å². The van der Waals surface area contributed by atoms with Crippen LogP contribution in [0.2, 0.25) is 5.02 Å². The van der Waals surface area contributed by atoms with Crippen molar-refractivity contribution in [2.75, 3.05) is 23.8 Å². The lowest BCUT2D eigenvalue weighted by Crippen LogP contribution is -2.20. The Morgan fingerprint density at radius 2 is 2.10 bits per heavy atom. The van der Waals surface area contributed by atoms with Crippen molar-refractivity contribution in [1.29, 1.82) is 0 Å². The molecule has 1 heterocycles. The largest absolute Gasteiger partial charge is 0.354 e. The zero-order chi connectivity index (χ0) is 14.5. The minimum atomic E-state index is -0.239. The third-order valence-corrected chi connectivity index (χ3v) is 3.05. The number of nitrogens with one attached hydrogen (secondary N) is 1. The van der Waals surface area contributed by atoms with Crippen LogP contribution in [-0.4, -0.2) is 23.6 Å². The van der Waals surface area contributed by atoms with Gasteiger partial charge in [0.05, 0.1) is 6.20 Å². The minimum absolute atomic E-state index is 0.239. The van der Waals surface area contributed by atoms with E-state index in [2.05, 4.69) is 15.3 Å². The third-order valence-electron chi connectivity index (χ3n) is 2.79. The Kier molecular flexibility index (Phi) is 4.74. The van der Waals surface area contributed by atoms with Gasteiger partial charge < -0.3 is 10.2 Å².